The number of carbonyl (C=O) groups is 2. The number of hydrogen-bond acceptors (Lipinski definition) is 4. The van der Waals surface area contributed by atoms with E-state index in [-0.39, 0.29) is 12.3 Å². The summed E-state index contributed by atoms with van der Waals surface area (Å²) in [6.45, 7) is 3.42. The molecule has 0 bridgehead atoms. The first-order chi connectivity index (χ1) is 14.1. The topological polar surface area (TPSA) is 59.8 Å². The quantitative estimate of drug-likeness (QED) is 0.597. The molecule has 3 aromatic rings. The fraction of sp³-hybridized carbons (Fsp3) is 0.333. The molecule has 0 aliphatic carbocycles. The van der Waals surface area contributed by atoms with Crippen LogP contribution in [0.25, 0.3) is 11.0 Å². The predicted octanol–water partition coefficient (Wildman–Crippen LogP) is 4.58. The lowest BCUT2D eigenvalue weighted by Crippen LogP contribution is -2.40. The van der Waals surface area contributed by atoms with Crippen LogP contribution < -0.4 is 0 Å². The summed E-state index contributed by atoms with van der Waals surface area (Å²) < 4.78 is 11.3. The van der Waals surface area contributed by atoms with Gasteiger partial charge in [0.25, 0.3) is 5.91 Å². The number of aryl methyl sites for hydroxylation is 1. The Balaban J connectivity index is 1.53. The van der Waals surface area contributed by atoms with E-state index in [9.17, 15) is 9.59 Å². The van der Waals surface area contributed by atoms with Crippen molar-refractivity contribution in [3.63, 3.8) is 0 Å². The maximum atomic E-state index is 13.1. The molecular formula is C24H25NO4. The van der Waals surface area contributed by atoms with Gasteiger partial charge in [0.15, 0.2) is 0 Å². The maximum Gasteiger partial charge on any atom is 0.311 e. The van der Waals surface area contributed by atoms with Crippen LogP contribution in [0.4, 0.5) is 0 Å². The third-order valence-electron chi connectivity index (χ3n) is 5.39. The lowest BCUT2D eigenvalue weighted by molar-refractivity contribution is -0.160. The smallest absolute Gasteiger partial charge is 0.311 e. The highest BCUT2D eigenvalue weighted by Gasteiger charge is 2.30. The molecule has 5 heteroatoms. The first-order valence-corrected chi connectivity index (χ1v) is 10.1. The summed E-state index contributed by atoms with van der Waals surface area (Å²) in [6, 6.07) is 15.1. The predicted molar refractivity (Wildman–Crippen MR) is 110 cm³/mol. The van der Waals surface area contributed by atoms with E-state index in [1.807, 2.05) is 60.4 Å². The van der Waals surface area contributed by atoms with Crippen LogP contribution in [-0.4, -0.2) is 29.9 Å². The van der Waals surface area contributed by atoms with Crippen LogP contribution in [-0.2, 0) is 20.7 Å². The molecule has 0 radical (unpaired) electrons. The number of hydrogen-bond donors (Lipinski definition) is 0. The number of rotatable bonds is 5. The van der Waals surface area contributed by atoms with Crippen molar-refractivity contribution in [1.29, 1.82) is 0 Å². The van der Waals surface area contributed by atoms with Gasteiger partial charge in [-0.25, -0.2) is 0 Å². The van der Waals surface area contributed by atoms with Crippen molar-refractivity contribution in [2.24, 2.45) is 0 Å². The standard InChI is InChI=1S/C24H25NO4/c1-17-10-11-20-19(16-28-21(20)14-17)15-22(26)29-23(18-8-4-2-5-9-18)24(27)25-12-6-3-7-13-25/h2,4-5,8-11,14,16,23H,3,6-7,12-13,15H2,1H3/t23-/m1/s1. The van der Waals surface area contributed by atoms with Crippen LogP contribution in [0.3, 0.4) is 0 Å². The molecule has 1 amide bonds. The zero-order valence-electron chi connectivity index (χ0n) is 16.6. The second kappa shape index (κ2) is 8.52. The largest absolute Gasteiger partial charge is 0.464 e. The van der Waals surface area contributed by atoms with Gasteiger partial charge >= 0.3 is 5.97 Å². The fourth-order valence-electron chi connectivity index (χ4n) is 3.82. The van der Waals surface area contributed by atoms with E-state index in [2.05, 4.69) is 0 Å². The molecule has 0 unspecified atom stereocenters. The molecule has 1 aliphatic rings. The number of nitrogens with zero attached hydrogens (tertiary/aromatic N) is 1. The summed E-state index contributed by atoms with van der Waals surface area (Å²) in [5.74, 6) is -0.579. The number of amides is 1. The minimum atomic E-state index is -0.915. The van der Waals surface area contributed by atoms with Gasteiger partial charge < -0.3 is 14.1 Å². The summed E-state index contributed by atoms with van der Waals surface area (Å²) in [4.78, 5) is 27.7. The van der Waals surface area contributed by atoms with Crippen molar-refractivity contribution in [1.82, 2.24) is 4.90 Å². The SMILES string of the molecule is Cc1ccc2c(CC(=O)O[C@@H](C(=O)N3CCCCC3)c3ccccc3)coc2c1. The number of esters is 1. The maximum absolute atomic E-state index is 13.1. The Hall–Kier alpha value is -3.08. The van der Waals surface area contributed by atoms with Crippen molar-refractivity contribution < 1.29 is 18.7 Å². The van der Waals surface area contributed by atoms with Crippen LogP contribution in [0.5, 0.6) is 0 Å². The van der Waals surface area contributed by atoms with E-state index in [1.165, 1.54) is 0 Å². The van der Waals surface area contributed by atoms with Gasteiger partial charge in [-0.1, -0.05) is 42.5 Å². The first kappa shape index (κ1) is 19.2. The number of piperidine rings is 1. The Morgan fingerprint density at radius 2 is 1.83 bits per heavy atom. The highest BCUT2D eigenvalue weighted by atomic mass is 16.5. The Kier molecular flexibility index (Phi) is 5.65. The molecule has 2 aromatic carbocycles. The molecule has 2 heterocycles. The van der Waals surface area contributed by atoms with Crippen LogP contribution >= 0.6 is 0 Å². The number of likely N-dealkylation sites (tertiary alicyclic amines) is 1. The van der Waals surface area contributed by atoms with E-state index >= 15 is 0 Å². The van der Waals surface area contributed by atoms with Crippen molar-refractivity contribution in [2.75, 3.05) is 13.1 Å². The summed E-state index contributed by atoms with van der Waals surface area (Å²) in [5.41, 5.74) is 3.31. The van der Waals surface area contributed by atoms with Crippen LogP contribution in [0, 0.1) is 6.92 Å². The molecule has 5 nitrogen and oxygen atoms in total. The Labute approximate surface area is 170 Å². The molecule has 0 spiro atoms. The average Bonchev–Trinajstić information content (AvgIpc) is 3.14. The molecular weight excluding hydrogens is 366 g/mol. The third kappa shape index (κ3) is 4.34. The first-order valence-electron chi connectivity index (χ1n) is 10.1. The van der Waals surface area contributed by atoms with Gasteiger partial charge in [-0.15, -0.1) is 0 Å². The van der Waals surface area contributed by atoms with Gasteiger partial charge in [0.05, 0.1) is 12.7 Å². The average molecular weight is 391 g/mol. The molecule has 0 saturated carbocycles. The Morgan fingerprint density at radius 1 is 1.07 bits per heavy atom. The summed E-state index contributed by atoms with van der Waals surface area (Å²) in [6.07, 6.45) is 3.85. The normalized spacial score (nSPS) is 15.3. The van der Waals surface area contributed by atoms with Gasteiger partial charge in [0, 0.05) is 29.6 Å². The number of furan rings is 1. The van der Waals surface area contributed by atoms with E-state index in [0.717, 1.165) is 41.4 Å². The summed E-state index contributed by atoms with van der Waals surface area (Å²) in [5, 5.41) is 0.895. The summed E-state index contributed by atoms with van der Waals surface area (Å²) >= 11 is 0. The molecule has 1 aromatic heterocycles. The van der Waals surface area contributed by atoms with Gasteiger partial charge in [-0.05, 0) is 37.8 Å². The van der Waals surface area contributed by atoms with Crippen molar-refractivity contribution in [3.05, 3.63) is 71.5 Å². The highest BCUT2D eigenvalue weighted by Crippen LogP contribution is 2.26. The zero-order valence-corrected chi connectivity index (χ0v) is 16.6. The minimum Gasteiger partial charge on any atom is -0.464 e. The van der Waals surface area contributed by atoms with Crippen LogP contribution in [0.1, 0.15) is 42.1 Å². The lowest BCUT2D eigenvalue weighted by atomic mass is 10.1. The zero-order chi connectivity index (χ0) is 20.2. The molecule has 29 heavy (non-hydrogen) atoms. The van der Waals surface area contributed by atoms with E-state index in [0.29, 0.717) is 18.7 Å². The van der Waals surface area contributed by atoms with Gasteiger partial charge in [0.1, 0.15) is 5.58 Å². The monoisotopic (exact) mass is 391 g/mol. The third-order valence-corrected chi connectivity index (χ3v) is 5.39. The number of carbonyl (C=O) groups excluding carboxylic acids is 2. The Bertz CT molecular complexity index is 1000. The van der Waals surface area contributed by atoms with E-state index in [1.54, 1.807) is 6.26 Å². The second-order valence-corrected chi connectivity index (χ2v) is 7.60. The Morgan fingerprint density at radius 3 is 2.59 bits per heavy atom. The molecule has 1 atom stereocenters. The number of benzene rings is 2. The van der Waals surface area contributed by atoms with Crippen molar-refractivity contribution >= 4 is 22.8 Å². The van der Waals surface area contributed by atoms with E-state index < -0.39 is 12.1 Å². The molecule has 1 saturated heterocycles. The number of fused-ring (bicyclic) bond motifs is 1. The number of ether oxygens (including phenoxy) is 1. The molecule has 0 N–H and O–H groups in total. The van der Waals surface area contributed by atoms with E-state index in [4.69, 9.17) is 9.15 Å². The minimum absolute atomic E-state index is 0.0622. The van der Waals surface area contributed by atoms with Gasteiger partial charge in [-0.3, -0.25) is 9.59 Å². The summed E-state index contributed by atoms with van der Waals surface area (Å²) in [7, 11) is 0. The molecule has 1 fully saturated rings. The molecule has 150 valence electrons. The molecule has 4 rings (SSSR count). The van der Waals surface area contributed by atoms with Gasteiger partial charge in [0.2, 0.25) is 6.10 Å². The fourth-order valence-corrected chi connectivity index (χ4v) is 3.82. The van der Waals surface area contributed by atoms with Crippen LogP contribution in [0.2, 0.25) is 0 Å². The van der Waals surface area contributed by atoms with Crippen molar-refractivity contribution in [2.45, 2.75) is 38.7 Å². The van der Waals surface area contributed by atoms with Crippen molar-refractivity contribution in [3.8, 4) is 0 Å². The van der Waals surface area contributed by atoms with Crippen LogP contribution in [0.15, 0.2) is 59.2 Å². The second-order valence-electron chi connectivity index (χ2n) is 7.60. The lowest BCUT2D eigenvalue weighted by Gasteiger charge is -2.30. The van der Waals surface area contributed by atoms with Gasteiger partial charge in [-0.2, -0.15) is 0 Å². The highest BCUT2D eigenvalue weighted by molar-refractivity contribution is 5.88. The molecule has 1 aliphatic heterocycles.